The molecule has 83 heavy (non-hydrogen) atoms. The molecule has 0 bridgehead atoms. The summed E-state index contributed by atoms with van der Waals surface area (Å²) in [4.78, 5) is 13.1. The quantitative estimate of drug-likeness (QED) is 0.0220. The van der Waals surface area contributed by atoms with E-state index in [1.165, 1.54) is 122 Å². The molecule has 3 heterocycles. The smallest absolute Gasteiger partial charge is 0.220 e. The minimum Gasteiger partial charge on any atom is -0.394 e. The summed E-state index contributed by atoms with van der Waals surface area (Å²) in [7, 11) is 0. The SMILES string of the molecule is CC/C=C\C/C=C\C/C=C\C/C=C\CCCCCCCCCCCCCCCCCCCCCCCCC(=O)NC(COC1OC(CO)C(OC2OC(CO)C(OC3OC(CO)C(O)C(O)C3O)C(O)C2O)C(O)C1O)C(O)/C=C/CCC. The van der Waals surface area contributed by atoms with Crippen molar-refractivity contribution in [3.05, 3.63) is 60.8 Å². The Labute approximate surface area is 496 Å². The van der Waals surface area contributed by atoms with Crippen molar-refractivity contribution in [3.8, 4) is 0 Å². The van der Waals surface area contributed by atoms with Gasteiger partial charge in [0.25, 0.3) is 0 Å². The first-order valence-corrected chi connectivity index (χ1v) is 32.0. The fourth-order valence-electron chi connectivity index (χ4n) is 10.6. The summed E-state index contributed by atoms with van der Waals surface area (Å²) in [6, 6.07) is -0.968. The van der Waals surface area contributed by atoms with Crippen molar-refractivity contribution in [1.82, 2.24) is 5.32 Å². The molecule has 3 aliphatic heterocycles. The van der Waals surface area contributed by atoms with Gasteiger partial charge >= 0.3 is 0 Å². The van der Waals surface area contributed by atoms with E-state index >= 15 is 0 Å². The highest BCUT2D eigenvalue weighted by Gasteiger charge is 2.53. The highest BCUT2D eigenvalue weighted by atomic mass is 16.8. The molecule has 0 aromatic heterocycles. The van der Waals surface area contributed by atoms with Gasteiger partial charge in [0, 0.05) is 6.42 Å². The fraction of sp³-hybridized carbons (Fsp3) is 0.828. The maximum Gasteiger partial charge on any atom is 0.220 e. The molecule has 19 heteroatoms. The number of aliphatic hydroxyl groups is 11. The van der Waals surface area contributed by atoms with E-state index in [1.807, 2.05) is 6.92 Å². The van der Waals surface area contributed by atoms with Crippen LogP contribution in [0.4, 0.5) is 0 Å². The molecule has 17 unspecified atom stereocenters. The molecule has 3 fully saturated rings. The fourth-order valence-corrected chi connectivity index (χ4v) is 10.6. The van der Waals surface area contributed by atoms with E-state index in [2.05, 4.69) is 60.8 Å². The Morgan fingerprint density at radius 1 is 0.446 bits per heavy atom. The lowest BCUT2D eigenvalue weighted by Crippen LogP contribution is -2.66. The van der Waals surface area contributed by atoms with Gasteiger partial charge in [0.15, 0.2) is 18.9 Å². The summed E-state index contributed by atoms with van der Waals surface area (Å²) >= 11 is 0. The van der Waals surface area contributed by atoms with Gasteiger partial charge in [-0.1, -0.05) is 209 Å². The Morgan fingerprint density at radius 3 is 1.28 bits per heavy atom. The molecule has 17 atom stereocenters. The van der Waals surface area contributed by atoms with Gasteiger partial charge < -0.3 is 89.9 Å². The van der Waals surface area contributed by atoms with Gasteiger partial charge in [0.2, 0.25) is 5.91 Å². The molecule has 0 aliphatic carbocycles. The van der Waals surface area contributed by atoms with E-state index in [-0.39, 0.29) is 18.9 Å². The summed E-state index contributed by atoms with van der Waals surface area (Å²) in [6.07, 6.45) is 29.5. The number of carbonyl (C=O) groups is 1. The second kappa shape index (κ2) is 46.6. The number of nitrogens with one attached hydrogen (secondary N) is 1. The average Bonchev–Trinajstić information content (AvgIpc) is 3.28. The molecule has 0 spiro atoms. The van der Waals surface area contributed by atoms with Crippen molar-refractivity contribution < 1.29 is 89.4 Å². The molecule has 12 N–H and O–H groups in total. The molecule has 1 amide bonds. The number of unbranched alkanes of at least 4 members (excludes halogenated alkanes) is 23. The summed E-state index contributed by atoms with van der Waals surface area (Å²) in [6.45, 7) is 1.37. The molecule has 0 radical (unpaired) electrons. The van der Waals surface area contributed by atoms with Crippen molar-refractivity contribution in [3.63, 3.8) is 0 Å². The largest absolute Gasteiger partial charge is 0.394 e. The maximum absolute atomic E-state index is 13.1. The lowest BCUT2D eigenvalue weighted by atomic mass is 9.96. The molecule has 3 aliphatic rings. The third-order valence-corrected chi connectivity index (χ3v) is 15.8. The van der Waals surface area contributed by atoms with E-state index in [1.54, 1.807) is 12.2 Å². The first-order chi connectivity index (χ1) is 40.3. The van der Waals surface area contributed by atoms with Crippen LogP contribution in [0.3, 0.4) is 0 Å². The van der Waals surface area contributed by atoms with Gasteiger partial charge in [0.05, 0.1) is 38.6 Å². The third-order valence-electron chi connectivity index (χ3n) is 15.8. The molecular formula is C64H113NO18. The van der Waals surface area contributed by atoms with Crippen molar-refractivity contribution in [2.45, 2.75) is 311 Å². The Hall–Kier alpha value is -2.51. The molecule has 482 valence electrons. The number of carbonyl (C=O) groups excluding carboxylic acids is 1. The van der Waals surface area contributed by atoms with Crippen LogP contribution in [0.2, 0.25) is 0 Å². The van der Waals surface area contributed by atoms with Crippen LogP contribution in [-0.4, -0.2) is 193 Å². The number of aliphatic hydroxyl groups excluding tert-OH is 11. The number of amides is 1. The Balaban J connectivity index is 1.23. The summed E-state index contributed by atoms with van der Waals surface area (Å²) in [5, 5.41) is 119. The van der Waals surface area contributed by atoms with Crippen LogP contribution < -0.4 is 5.32 Å². The van der Waals surface area contributed by atoms with Gasteiger partial charge in [-0.3, -0.25) is 4.79 Å². The van der Waals surface area contributed by atoms with Crippen LogP contribution in [0.1, 0.15) is 206 Å². The van der Waals surface area contributed by atoms with Crippen molar-refractivity contribution in [1.29, 1.82) is 0 Å². The van der Waals surface area contributed by atoms with Crippen LogP contribution >= 0.6 is 0 Å². The molecular weight excluding hydrogens is 1070 g/mol. The highest BCUT2D eigenvalue weighted by Crippen LogP contribution is 2.33. The van der Waals surface area contributed by atoms with Gasteiger partial charge in [-0.05, 0) is 51.4 Å². The van der Waals surface area contributed by atoms with E-state index in [0.29, 0.717) is 12.8 Å². The zero-order valence-electron chi connectivity index (χ0n) is 50.4. The Bertz CT molecular complexity index is 1750. The normalized spacial score (nSPS) is 29.8. The molecule has 3 saturated heterocycles. The lowest BCUT2D eigenvalue weighted by molar-refractivity contribution is -0.379. The number of rotatable bonds is 47. The number of allylic oxidation sites excluding steroid dienone is 9. The third kappa shape index (κ3) is 29.8. The van der Waals surface area contributed by atoms with Crippen LogP contribution in [-0.2, 0) is 33.2 Å². The second-order valence-electron chi connectivity index (χ2n) is 22.8. The molecule has 0 saturated carbocycles. The minimum absolute atomic E-state index is 0.241. The zero-order chi connectivity index (χ0) is 60.5. The Morgan fingerprint density at radius 2 is 0.831 bits per heavy atom. The zero-order valence-corrected chi connectivity index (χ0v) is 50.4. The second-order valence-corrected chi connectivity index (χ2v) is 22.8. The first-order valence-electron chi connectivity index (χ1n) is 32.0. The average molecular weight is 1180 g/mol. The molecule has 19 nitrogen and oxygen atoms in total. The van der Waals surface area contributed by atoms with Crippen molar-refractivity contribution in [2.75, 3.05) is 26.4 Å². The lowest BCUT2D eigenvalue weighted by Gasteiger charge is -2.48. The van der Waals surface area contributed by atoms with Gasteiger partial charge in [-0.15, -0.1) is 0 Å². The standard InChI is InChI=1S/C64H113NO18/c1-3-5-7-8-9-10-11-12-13-14-15-16-17-18-19-20-21-22-23-24-25-26-27-28-29-30-31-32-33-34-35-36-37-38-40-42-52(70)65-47(48(69)41-39-6-4-2)46-78-62-58(76)55(73)60(50(44-67)80-62)83-64-59(77)56(74)61(51(45-68)81-64)82-63-57(75)54(72)53(71)49(43-66)79-63/h5,7,9-10,12-13,15-16,39,41,47-51,53-64,66-69,71-77H,3-4,6,8,11,14,17-38,40,42-46H2,1-2H3,(H,65,70)/b7-5-,10-9-,13-12-,16-15-,41-39+. The predicted molar refractivity (Wildman–Crippen MR) is 318 cm³/mol. The number of ether oxygens (including phenoxy) is 6. The van der Waals surface area contributed by atoms with E-state index in [4.69, 9.17) is 28.4 Å². The number of hydrogen-bond acceptors (Lipinski definition) is 18. The van der Waals surface area contributed by atoms with Crippen LogP contribution in [0.25, 0.3) is 0 Å². The van der Waals surface area contributed by atoms with Gasteiger partial charge in [-0.25, -0.2) is 0 Å². The van der Waals surface area contributed by atoms with Crippen molar-refractivity contribution in [2.24, 2.45) is 0 Å². The van der Waals surface area contributed by atoms with Crippen LogP contribution in [0.15, 0.2) is 60.8 Å². The summed E-state index contributed by atoms with van der Waals surface area (Å²) in [5.41, 5.74) is 0. The van der Waals surface area contributed by atoms with Gasteiger partial charge in [-0.2, -0.15) is 0 Å². The monoisotopic (exact) mass is 1180 g/mol. The van der Waals surface area contributed by atoms with Crippen LogP contribution in [0.5, 0.6) is 0 Å². The highest BCUT2D eigenvalue weighted by molar-refractivity contribution is 5.76. The van der Waals surface area contributed by atoms with Crippen molar-refractivity contribution >= 4 is 5.91 Å². The number of hydrogen-bond donors (Lipinski definition) is 12. The first kappa shape index (κ1) is 74.7. The molecule has 3 rings (SSSR count). The van der Waals surface area contributed by atoms with E-state index < -0.39 is 124 Å². The predicted octanol–water partition coefficient (Wildman–Crippen LogP) is 6.82. The molecule has 0 aromatic carbocycles. The Kier molecular flexibility index (Phi) is 42.0. The topological polar surface area (TPSA) is 307 Å². The molecule has 0 aromatic rings. The van der Waals surface area contributed by atoms with Crippen LogP contribution in [0, 0.1) is 0 Å². The van der Waals surface area contributed by atoms with Gasteiger partial charge in [0.1, 0.15) is 73.2 Å². The van der Waals surface area contributed by atoms with E-state index in [0.717, 1.165) is 51.4 Å². The van der Waals surface area contributed by atoms with E-state index in [9.17, 15) is 61.0 Å². The minimum atomic E-state index is -1.98. The summed E-state index contributed by atoms with van der Waals surface area (Å²) in [5.74, 6) is -0.287. The maximum atomic E-state index is 13.1. The summed E-state index contributed by atoms with van der Waals surface area (Å²) < 4.78 is 34.0.